The second kappa shape index (κ2) is 8.32. The van der Waals surface area contributed by atoms with Crippen LogP contribution in [-0.4, -0.2) is 50.5 Å². The lowest BCUT2D eigenvalue weighted by Crippen LogP contribution is -2.41. The molecule has 1 N–H and O–H groups in total. The smallest absolute Gasteiger partial charge is 0.265 e. The summed E-state index contributed by atoms with van der Waals surface area (Å²) in [6, 6.07) is 2.90. The van der Waals surface area contributed by atoms with Crippen LogP contribution in [0.3, 0.4) is 0 Å². The van der Waals surface area contributed by atoms with Crippen molar-refractivity contribution in [3.05, 3.63) is 38.8 Å². The van der Waals surface area contributed by atoms with Crippen molar-refractivity contribution >= 4 is 55.6 Å². The molecule has 0 radical (unpaired) electrons. The van der Waals surface area contributed by atoms with E-state index in [-0.39, 0.29) is 27.4 Å². The predicted molar refractivity (Wildman–Crippen MR) is 105 cm³/mol. The number of rotatable bonds is 5. The van der Waals surface area contributed by atoms with Gasteiger partial charge in [0.2, 0.25) is 5.91 Å². The minimum absolute atomic E-state index is 0.0341. The van der Waals surface area contributed by atoms with Crippen LogP contribution in [0, 0.1) is 6.92 Å². The Morgan fingerprint density at radius 2 is 2.04 bits per heavy atom. The van der Waals surface area contributed by atoms with Gasteiger partial charge in [-0.3, -0.25) is 9.52 Å². The van der Waals surface area contributed by atoms with Crippen molar-refractivity contribution in [3.63, 3.8) is 0 Å². The Morgan fingerprint density at radius 3 is 2.70 bits per heavy atom. The van der Waals surface area contributed by atoms with E-state index in [0.717, 1.165) is 11.3 Å². The number of amides is 1. The fourth-order valence-electron chi connectivity index (χ4n) is 2.71. The topological polar surface area (TPSA) is 88.6 Å². The molecule has 11 heteroatoms. The molecule has 0 atom stereocenters. The van der Waals surface area contributed by atoms with E-state index in [1.807, 2.05) is 0 Å². The third-order valence-corrected chi connectivity index (χ3v) is 7.14. The van der Waals surface area contributed by atoms with Gasteiger partial charge in [0.05, 0.1) is 24.7 Å². The number of aryl methyl sites for hydroxylation is 1. The first-order chi connectivity index (χ1) is 12.8. The van der Waals surface area contributed by atoms with E-state index in [0.29, 0.717) is 41.8 Å². The number of carbonyl (C=O) groups excluding carboxylic acids is 1. The van der Waals surface area contributed by atoms with Gasteiger partial charge in [-0.1, -0.05) is 23.2 Å². The molecule has 3 rings (SSSR count). The van der Waals surface area contributed by atoms with Crippen molar-refractivity contribution < 1.29 is 17.9 Å². The monoisotopic (exact) mass is 449 g/mol. The average molecular weight is 450 g/mol. The van der Waals surface area contributed by atoms with E-state index in [1.165, 1.54) is 18.3 Å². The van der Waals surface area contributed by atoms with Crippen LogP contribution in [0.25, 0.3) is 0 Å². The van der Waals surface area contributed by atoms with Gasteiger partial charge in [-0.2, -0.15) is 0 Å². The molecule has 2 aromatic rings. The summed E-state index contributed by atoms with van der Waals surface area (Å²) < 4.78 is 33.0. The fraction of sp³-hybridized carbons (Fsp3) is 0.375. The summed E-state index contributed by atoms with van der Waals surface area (Å²) in [4.78, 5) is 18.7. The first kappa shape index (κ1) is 20.3. The molecule has 0 saturated carbocycles. The number of anilines is 1. The minimum atomic E-state index is -3.93. The summed E-state index contributed by atoms with van der Waals surface area (Å²) in [6.45, 7) is 3.79. The maximum atomic E-state index is 12.7. The number of halogens is 2. The summed E-state index contributed by atoms with van der Waals surface area (Å²) in [5.74, 6) is -0.0343. The van der Waals surface area contributed by atoms with Gasteiger partial charge in [-0.05, 0) is 24.6 Å². The molecule has 2 heterocycles. The van der Waals surface area contributed by atoms with Crippen LogP contribution in [0.1, 0.15) is 10.4 Å². The maximum Gasteiger partial charge on any atom is 0.265 e. The SMILES string of the molecule is Cc1cc(Cl)cc(Cl)c1S(=O)(=O)Nc1ncc(CC(=O)N2CCOCC2)s1. The number of hydrogen-bond donors (Lipinski definition) is 1. The second-order valence-corrected chi connectivity index (χ2v) is 9.52. The summed E-state index contributed by atoms with van der Waals surface area (Å²) in [5, 5.41) is 0.562. The van der Waals surface area contributed by atoms with E-state index in [4.69, 9.17) is 27.9 Å². The average Bonchev–Trinajstić information content (AvgIpc) is 3.00. The Balaban J connectivity index is 1.72. The van der Waals surface area contributed by atoms with E-state index in [9.17, 15) is 13.2 Å². The van der Waals surface area contributed by atoms with Crippen LogP contribution >= 0.6 is 34.5 Å². The fourth-order valence-corrected chi connectivity index (χ4v) is 5.94. The van der Waals surface area contributed by atoms with Gasteiger partial charge in [0.25, 0.3) is 10.0 Å². The van der Waals surface area contributed by atoms with Crippen LogP contribution in [0.5, 0.6) is 0 Å². The third-order valence-electron chi connectivity index (χ3n) is 3.93. The third kappa shape index (κ3) is 4.91. The molecule has 0 aliphatic carbocycles. The number of thiazole rings is 1. The van der Waals surface area contributed by atoms with Gasteiger partial charge in [0.1, 0.15) is 4.90 Å². The number of benzene rings is 1. The molecule has 1 aromatic heterocycles. The first-order valence-corrected chi connectivity index (χ1v) is 11.1. The highest BCUT2D eigenvalue weighted by atomic mass is 35.5. The van der Waals surface area contributed by atoms with Crippen molar-refractivity contribution in [1.29, 1.82) is 0 Å². The minimum Gasteiger partial charge on any atom is -0.378 e. The number of ether oxygens (including phenoxy) is 1. The van der Waals surface area contributed by atoms with E-state index in [1.54, 1.807) is 11.8 Å². The highest BCUT2D eigenvalue weighted by Crippen LogP contribution is 2.31. The molecular formula is C16H17Cl2N3O4S2. The van der Waals surface area contributed by atoms with Crippen LogP contribution in [-0.2, 0) is 26.0 Å². The lowest BCUT2D eigenvalue weighted by atomic mass is 10.2. The standard InChI is InChI=1S/C16H17Cl2N3O4S2/c1-10-6-11(17)7-13(18)15(10)27(23,24)20-16-19-9-12(26-16)8-14(22)21-2-4-25-5-3-21/h6-7,9H,2-5,8H2,1H3,(H,19,20). The number of aromatic nitrogens is 1. The number of carbonyl (C=O) groups is 1. The molecule has 1 aliphatic rings. The molecule has 27 heavy (non-hydrogen) atoms. The Morgan fingerprint density at radius 1 is 1.33 bits per heavy atom. The number of morpholine rings is 1. The van der Waals surface area contributed by atoms with Crippen LogP contribution in [0.2, 0.25) is 10.0 Å². The number of nitrogens with zero attached hydrogens (tertiary/aromatic N) is 2. The predicted octanol–water partition coefficient (Wildman–Crippen LogP) is 2.96. The molecule has 7 nitrogen and oxygen atoms in total. The van der Waals surface area contributed by atoms with Gasteiger partial charge in [-0.25, -0.2) is 13.4 Å². The summed E-state index contributed by atoms with van der Waals surface area (Å²) in [6.07, 6.45) is 1.66. The molecule has 1 aromatic carbocycles. The number of hydrogen-bond acceptors (Lipinski definition) is 6. The normalized spacial score (nSPS) is 15.0. The first-order valence-electron chi connectivity index (χ1n) is 8.05. The zero-order chi connectivity index (χ0) is 19.6. The lowest BCUT2D eigenvalue weighted by Gasteiger charge is -2.26. The van der Waals surface area contributed by atoms with Gasteiger partial charge >= 0.3 is 0 Å². The maximum absolute atomic E-state index is 12.7. The Bertz CT molecular complexity index is 933. The van der Waals surface area contributed by atoms with Crippen molar-refractivity contribution in [3.8, 4) is 0 Å². The Hall–Kier alpha value is -1.39. The zero-order valence-corrected chi connectivity index (χ0v) is 17.5. The highest BCUT2D eigenvalue weighted by Gasteiger charge is 2.23. The van der Waals surface area contributed by atoms with Crippen LogP contribution in [0.4, 0.5) is 5.13 Å². The zero-order valence-electron chi connectivity index (χ0n) is 14.4. The van der Waals surface area contributed by atoms with Gasteiger partial charge in [-0.15, -0.1) is 11.3 Å². The van der Waals surface area contributed by atoms with Gasteiger partial charge in [0, 0.05) is 29.2 Å². The second-order valence-electron chi connectivity index (χ2n) is 5.94. The number of nitrogens with one attached hydrogen (secondary N) is 1. The molecule has 0 spiro atoms. The van der Waals surface area contributed by atoms with E-state index < -0.39 is 10.0 Å². The highest BCUT2D eigenvalue weighted by molar-refractivity contribution is 7.93. The van der Waals surface area contributed by atoms with Crippen molar-refractivity contribution in [2.45, 2.75) is 18.2 Å². The van der Waals surface area contributed by atoms with E-state index >= 15 is 0 Å². The Labute approximate surface area is 171 Å². The van der Waals surface area contributed by atoms with Crippen molar-refractivity contribution in [1.82, 2.24) is 9.88 Å². The molecule has 0 bridgehead atoms. The quantitative estimate of drug-likeness (QED) is 0.757. The largest absolute Gasteiger partial charge is 0.378 e. The molecule has 146 valence electrons. The van der Waals surface area contributed by atoms with Crippen molar-refractivity contribution in [2.75, 3.05) is 31.0 Å². The molecule has 1 saturated heterocycles. The summed E-state index contributed by atoms with van der Waals surface area (Å²) >= 11 is 13.1. The lowest BCUT2D eigenvalue weighted by molar-refractivity contribution is -0.134. The van der Waals surface area contributed by atoms with Gasteiger partial charge < -0.3 is 9.64 Å². The molecule has 1 amide bonds. The van der Waals surface area contributed by atoms with Crippen LogP contribution < -0.4 is 4.72 Å². The Kier molecular flexibility index (Phi) is 6.27. The molecule has 1 aliphatic heterocycles. The van der Waals surface area contributed by atoms with Crippen molar-refractivity contribution in [2.24, 2.45) is 0 Å². The van der Waals surface area contributed by atoms with Gasteiger partial charge in [0.15, 0.2) is 5.13 Å². The number of sulfonamides is 1. The van der Waals surface area contributed by atoms with Crippen LogP contribution in [0.15, 0.2) is 23.2 Å². The summed E-state index contributed by atoms with van der Waals surface area (Å²) in [7, 11) is -3.93. The molecule has 0 unspecified atom stereocenters. The summed E-state index contributed by atoms with van der Waals surface area (Å²) in [5.41, 5.74) is 0.430. The molecular weight excluding hydrogens is 433 g/mol. The van der Waals surface area contributed by atoms with E-state index in [2.05, 4.69) is 9.71 Å². The molecule has 1 fully saturated rings.